The SMILES string of the molecule is CC1(C)CCCN1C(=O)c1ccc(C#N)cc1. The highest BCUT2D eigenvalue weighted by molar-refractivity contribution is 5.95. The maximum Gasteiger partial charge on any atom is 0.254 e. The van der Waals surface area contributed by atoms with Crippen molar-refractivity contribution in [2.45, 2.75) is 32.2 Å². The molecule has 0 unspecified atom stereocenters. The molecule has 0 aliphatic carbocycles. The van der Waals surface area contributed by atoms with Gasteiger partial charge < -0.3 is 4.90 Å². The number of benzene rings is 1. The van der Waals surface area contributed by atoms with Crippen molar-refractivity contribution in [3.63, 3.8) is 0 Å². The van der Waals surface area contributed by atoms with Gasteiger partial charge in [-0.1, -0.05) is 0 Å². The molecule has 17 heavy (non-hydrogen) atoms. The van der Waals surface area contributed by atoms with Gasteiger partial charge in [0.15, 0.2) is 0 Å². The van der Waals surface area contributed by atoms with E-state index in [-0.39, 0.29) is 11.4 Å². The van der Waals surface area contributed by atoms with E-state index in [0.29, 0.717) is 11.1 Å². The molecule has 0 atom stereocenters. The van der Waals surface area contributed by atoms with Gasteiger partial charge in [-0.25, -0.2) is 0 Å². The summed E-state index contributed by atoms with van der Waals surface area (Å²) in [5, 5.41) is 8.72. The third kappa shape index (κ3) is 2.16. The molecule has 0 saturated carbocycles. The molecule has 0 N–H and O–H groups in total. The van der Waals surface area contributed by atoms with E-state index >= 15 is 0 Å². The van der Waals surface area contributed by atoms with E-state index in [1.165, 1.54) is 0 Å². The van der Waals surface area contributed by atoms with Crippen molar-refractivity contribution >= 4 is 5.91 Å². The zero-order valence-corrected chi connectivity index (χ0v) is 10.2. The molecule has 1 heterocycles. The smallest absolute Gasteiger partial charge is 0.254 e. The van der Waals surface area contributed by atoms with Gasteiger partial charge in [-0.3, -0.25) is 4.79 Å². The molecule has 3 nitrogen and oxygen atoms in total. The number of carbonyl (C=O) groups is 1. The van der Waals surface area contributed by atoms with E-state index in [0.717, 1.165) is 19.4 Å². The van der Waals surface area contributed by atoms with Gasteiger partial charge in [0.2, 0.25) is 0 Å². The van der Waals surface area contributed by atoms with Crippen LogP contribution in [0.2, 0.25) is 0 Å². The second-order valence-electron chi connectivity index (χ2n) is 5.06. The van der Waals surface area contributed by atoms with Crippen LogP contribution < -0.4 is 0 Å². The summed E-state index contributed by atoms with van der Waals surface area (Å²) in [5.74, 6) is 0.0667. The Kier molecular flexibility index (Phi) is 2.89. The maximum atomic E-state index is 12.3. The number of likely N-dealkylation sites (tertiary alicyclic amines) is 1. The molecule has 0 aromatic heterocycles. The summed E-state index contributed by atoms with van der Waals surface area (Å²) in [7, 11) is 0. The summed E-state index contributed by atoms with van der Waals surface area (Å²) in [6.07, 6.45) is 2.12. The molecule has 1 amide bonds. The lowest BCUT2D eigenvalue weighted by Crippen LogP contribution is -2.42. The van der Waals surface area contributed by atoms with Gasteiger partial charge in [-0.2, -0.15) is 5.26 Å². The first-order chi connectivity index (χ1) is 8.04. The number of nitriles is 1. The maximum absolute atomic E-state index is 12.3. The van der Waals surface area contributed by atoms with Crippen LogP contribution >= 0.6 is 0 Å². The Labute approximate surface area is 102 Å². The minimum absolute atomic E-state index is 0.0506. The zero-order chi connectivity index (χ0) is 12.5. The van der Waals surface area contributed by atoms with Gasteiger partial charge in [0, 0.05) is 17.6 Å². The van der Waals surface area contributed by atoms with Crippen molar-refractivity contribution in [1.29, 1.82) is 5.26 Å². The molecule has 88 valence electrons. The summed E-state index contributed by atoms with van der Waals surface area (Å²) in [5.41, 5.74) is 1.20. The topological polar surface area (TPSA) is 44.1 Å². The fraction of sp³-hybridized carbons (Fsp3) is 0.429. The predicted molar refractivity (Wildman–Crippen MR) is 65.5 cm³/mol. The zero-order valence-electron chi connectivity index (χ0n) is 10.2. The van der Waals surface area contributed by atoms with E-state index in [1.54, 1.807) is 24.3 Å². The lowest BCUT2D eigenvalue weighted by molar-refractivity contribution is 0.0652. The molecule has 1 aromatic rings. The van der Waals surface area contributed by atoms with Crippen molar-refractivity contribution in [3.8, 4) is 6.07 Å². The fourth-order valence-electron chi connectivity index (χ4n) is 2.33. The molecule has 1 aliphatic rings. The van der Waals surface area contributed by atoms with Gasteiger partial charge in [-0.15, -0.1) is 0 Å². The van der Waals surface area contributed by atoms with Crippen LogP contribution in [-0.4, -0.2) is 22.9 Å². The first-order valence-corrected chi connectivity index (χ1v) is 5.87. The average molecular weight is 228 g/mol. The Hall–Kier alpha value is -1.82. The molecule has 1 fully saturated rings. The Morgan fingerprint density at radius 2 is 2.00 bits per heavy atom. The highest BCUT2D eigenvalue weighted by Gasteiger charge is 2.35. The second-order valence-corrected chi connectivity index (χ2v) is 5.06. The minimum atomic E-state index is -0.0506. The third-order valence-electron chi connectivity index (χ3n) is 3.41. The highest BCUT2D eigenvalue weighted by atomic mass is 16.2. The van der Waals surface area contributed by atoms with Crippen LogP contribution in [0.3, 0.4) is 0 Å². The van der Waals surface area contributed by atoms with Crippen LogP contribution in [0.4, 0.5) is 0 Å². The van der Waals surface area contributed by atoms with Gasteiger partial charge in [0.1, 0.15) is 0 Å². The molecule has 2 rings (SSSR count). The van der Waals surface area contributed by atoms with Crippen molar-refractivity contribution in [1.82, 2.24) is 4.90 Å². The van der Waals surface area contributed by atoms with Crippen LogP contribution in [0.5, 0.6) is 0 Å². The van der Waals surface area contributed by atoms with Crippen molar-refractivity contribution in [2.75, 3.05) is 6.54 Å². The Bertz CT molecular complexity index is 468. The summed E-state index contributed by atoms with van der Waals surface area (Å²) < 4.78 is 0. The van der Waals surface area contributed by atoms with Gasteiger partial charge in [-0.05, 0) is 51.0 Å². The van der Waals surface area contributed by atoms with Gasteiger partial charge in [0.05, 0.1) is 11.6 Å². The largest absolute Gasteiger partial charge is 0.334 e. The molecule has 1 aliphatic heterocycles. The molecule has 0 spiro atoms. The van der Waals surface area contributed by atoms with Gasteiger partial charge in [0.25, 0.3) is 5.91 Å². The quantitative estimate of drug-likeness (QED) is 0.741. The van der Waals surface area contributed by atoms with Crippen LogP contribution in [0.1, 0.15) is 42.6 Å². The number of hydrogen-bond acceptors (Lipinski definition) is 2. The van der Waals surface area contributed by atoms with Crippen molar-refractivity contribution < 1.29 is 4.79 Å². The van der Waals surface area contributed by atoms with E-state index in [2.05, 4.69) is 19.9 Å². The van der Waals surface area contributed by atoms with Crippen LogP contribution in [-0.2, 0) is 0 Å². The molecule has 0 bridgehead atoms. The standard InChI is InChI=1S/C14H16N2O/c1-14(2)8-3-9-16(14)13(17)12-6-4-11(10-15)5-7-12/h4-7H,3,8-9H2,1-2H3. The molecule has 0 radical (unpaired) electrons. The average Bonchev–Trinajstić information content (AvgIpc) is 2.68. The Balaban J connectivity index is 2.23. The van der Waals surface area contributed by atoms with Crippen molar-refractivity contribution in [2.24, 2.45) is 0 Å². The van der Waals surface area contributed by atoms with E-state index in [1.807, 2.05) is 4.90 Å². The number of rotatable bonds is 1. The Morgan fingerprint density at radius 1 is 1.35 bits per heavy atom. The lowest BCUT2D eigenvalue weighted by atomic mass is 10.0. The van der Waals surface area contributed by atoms with Gasteiger partial charge >= 0.3 is 0 Å². The first-order valence-electron chi connectivity index (χ1n) is 5.87. The summed E-state index contributed by atoms with van der Waals surface area (Å²) in [4.78, 5) is 14.2. The molecule has 1 saturated heterocycles. The Morgan fingerprint density at radius 3 is 2.47 bits per heavy atom. The monoisotopic (exact) mass is 228 g/mol. The number of amides is 1. The summed E-state index contributed by atoms with van der Waals surface area (Å²) in [6.45, 7) is 5.02. The normalized spacial score (nSPS) is 17.8. The number of carbonyl (C=O) groups excluding carboxylic acids is 1. The summed E-state index contributed by atoms with van der Waals surface area (Å²) in [6, 6.07) is 8.90. The van der Waals surface area contributed by atoms with E-state index in [4.69, 9.17) is 5.26 Å². The van der Waals surface area contributed by atoms with Crippen LogP contribution in [0.15, 0.2) is 24.3 Å². The van der Waals surface area contributed by atoms with Crippen molar-refractivity contribution in [3.05, 3.63) is 35.4 Å². The lowest BCUT2D eigenvalue weighted by Gasteiger charge is -2.31. The molecule has 3 heteroatoms. The highest BCUT2D eigenvalue weighted by Crippen LogP contribution is 2.29. The fourth-order valence-corrected chi connectivity index (χ4v) is 2.33. The number of hydrogen-bond donors (Lipinski definition) is 0. The first kappa shape index (κ1) is 11.7. The third-order valence-corrected chi connectivity index (χ3v) is 3.41. The number of nitrogens with zero attached hydrogens (tertiary/aromatic N) is 2. The van der Waals surface area contributed by atoms with E-state index in [9.17, 15) is 4.79 Å². The predicted octanol–water partition coefficient (Wildman–Crippen LogP) is 2.57. The molecular weight excluding hydrogens is 212 g/mol. The molecule has 1 aromatic carbocycles. The summed E-state index contributed by atoms with van der Waals surface area (Å²) >= 11 is 0. The van der Waals surface area contributed by atoms with Crippen LogP contribution in [0.25, 0.3) is 0 Å². The second kappa shape index (κ2) is 4.21. The minimum Gasteiger partial charge on any atom is -0.334 e. The van der Waals surface area contributed by atoms with Crippen LogP contribution in [0, 0.1) is 11.3 Å². The molecular formula is C14H16N2O. The van der Waals surface area contributed by atoms with E-state index < -0.39 is 0 Å².